The summed E-state index contributed by atoms with van der Waals surface area (Å²) < 4.78 is 12.8. The van der Waals surface area contributed by atoms with Crippen molar-refractivity contribution in [2.24, 2.45) is 0 Å². The van der Waals surface area contributed by atoms with Crippen molar-refractivity contribution < 1.29 is 8.83 Å². The second kappa shape index (κ2) is 8.41. The smallest absolute Gasteiger partial charge is 0.262 e. The molecule has 3 heterocycles. The number of thioether (sulfide) groups is 1. The molecule has 9 heteroatoms. The van der Waals surface area contributed by atoms with Crippen molar-refractivity contribution in [1.82, 2.24) is 19.7 Å². The van der Waals surface area contributed by atoms with Crippen LogP contribution in [0.2, 0.25) is 5.02 Å². The Morgan fingerprint density at radius 3 is 2.68 bits per heavy atom. The summed E-state index contributed by atoms with van der Waals surface area (Å²) in [6, 6.07) is 18.2. The Labute approximate surface area is 185 Å². The van der Waals surface area contributed by atoms with E-state index in [0.29, 0.717) is 49.9 Å². The summed E-state index contributed by atoms with van der Waals surface area (Å²) in [5, 5.41) is 9.83. The van der Waals surface area contributed by atoms with Gasteiger partial charge in [0.2, 0.25) is 11.8 Å². The van der Waals surface area contributed by atoms with Crippen LogP contribution in [0.25, 0.3) is 22.4 Å². The SMILES string of the molecule is O=c1c2ccccc2nc(SCc2nnc(-c3ccccc3Cl)o2)n1Cc1ccco1. The molecule has 0 fully saturated rings. The van der Waals surface area contributed by atoms with Gasteiger partial charge in [0.25, 0.3) is 5.56 Å². The third kappa shape index (κ3) is 3.99. The van der Waals surface area contributed by atoms with Crippen LogP contribution >= 0.6 is 23.4 Å². The first-order chi connectivity index (χ1) is 15.2. The van der Waals surface area contributed by atoms with Gasteiger partial charge in [-0.1, -0.05) is 47.6 Å². The lowest BCUT2D eigenvalue weighted by Crippen LogP contribution is -2.23. The number of hydrogen-bond donors (Lipinski definition) is 0. The van der Waals surface area contributed by atoms with Gasteiger partial charge in [0.15, 0.2) is 5.16 Å². The summed E-state index contributed by atoms with van der Waals surface area (Å²) in [6.07, 6.45) is 1.58. The maximum Gasteiger partial charge on any atom is 0.262 e. The van der Waals surface area contributed by atoms with Crippen LogP contribution in [-0.4, -0.2) is 19.7 Å². The van der Waals surface area contributed by atoms with Gasteiger partial charge in [0.1, 0.15) is 5.76 Å². The molecule has 154 valence electrons. The maximum absolute atomic E-state index is 13.1. The summed E-state index contributed by atoms with van der Waals surface area (Å²) in [4.78, 5) is 17.8. The topological polar surface area (TPSA) is 87.0 Å². The predicted octanol–water partition coefficient (Wildman–Crippen LogP) is 5.03. The largest absolute Gasteiger partial charge is 0.467 e. The zero-order valence-corrected chi connectivity index (χ0v) is 17.6. The molecule has 0 atom stereocenters. The summed E-state index contributed by atoms with van der Waals surface area (Å²) in [7, 11) is 0. The molecule has 0 aliphatic heterocycles. The van der Waals surface area contributed by atoms with Crippen LogP contribution in [0, 0.1) is 0 Å². The molecule has 0 N–H and O–H groups in total. The van der Waals surface area contributed by atoms with Crippen LogP contribution in [0.3, 0.4) is 0 Å². The first-order valence-corrected chi connectivity index (χ1v) is 10.8. The van der Waals surface area contributed by atoms with E-state index >= 15 is 0 Å². The number of aromatic nitrogens is 4. The number of benzene rings is 2. The van der Waals surface area contributed by atoms with E-state index in [2.05, 4.69) is 15.2 Å². The standard InChI is InChI=1S/C22H15ClN4O3S/c23-17-9-3-1-7-15(17)20-26-25-19(30-20)13-31-22-24-18-10-4-2-8-16(18)21(28)27(22)12-14-6-5-11-29-14/h1-11H,12-13H2. The van der Waals surface area contributed by atoms with E-state index in [-0.39, 0.29) is 12.1 Å². The molecule has 7 nitrogen and oxygen atoms in total. The molecule has 5 aromatic rings. The normalized spacial score (nSPS) is 11.3. The maximum atomic E-state index is 13.1. The fourth-order valence-corrected chi connectivity index (χ4v) is 4.19. The first-order valence-electron chi connectivity index (χ1n) is 9.41. The summed E-state index contributed by atoms with van der Waals surface area (Å²) in [6.45, 7) is 0.278. The first kappa shape index (κ1) is 19.6. The lowest BCUT2D eigenvalue weighted by atomic mass is 10.2. The van der Waals surface area contributed by atoms with Crippen LogP contribution in [0.1, 0.15) is 11.7 Å². The Bertz CT molecular complexity index is 1410. The van der Waals surface area contributed by atoms with E-state index < -0.39 is 0 Å². The summed E-state index contributed by atoms with van der Waals surface area (Å²) in [5.74, 6) is 1.77. The van der Waals surface area contributed by atoms with Gasteiger partial charge in [0, 0.05) is 0 Å². The van der Waals surface area contributed by atoms with Crippen LogP contribution in [0.15, 0.2) is 85.7 Å². The molecular formula is C22H15ClN4O3S. The molecule has 0 bridgehead atoms. The molecule has 0 amide bonds. The average molecular weight is 451 g/mol. The molecular weight excluding hydrogens is 436 g/mol. The van der Waals surface area contributed by atoms with Gasteiger partial charge in [0.05, 0.1) is 40.0 Å². The van der Waals surface area contributed by atoms with Gasteiger partial charge < -0.3 is 8.83 Å². The molecule has 2 aromatic carbocycles. The molecule has 0 unspecified atom stereocenters. The molecule has 31 heavy (non-hydrogen) atoms. The number of para-hydroxylation sites is 1. The van der Waals surface area contributed by atoms with E-state index in [0.717, 1.165) is 0 Å². The molecule has 0 saturated heterocycles. The number of rotatable bonds is 6. The molecule has 0 radical (unpaired) electrons. The van der Waals surface area contributed by atoms with E-state index in [9.17, 15) is 4.79 Å². The fraction of sp³-hybridized carbons (Fsp3) is 0.0909. The number of halogens is 1. The quantitative estimate of drug-likeness (QED) is 0.264. The minimum atomic E-state index is -0.133. The van der Waals surface area contributed by atoms with Gasteiger partial charge >= 0.3 is 0 Å². The molecule has 5 rings (SSSR count). The third-order valence-corrected chi connectivity index (χ3v) is 5.91. The van der Waals surface area contributed by atoms with Crippen molar-refractivity contribution in [1.29, 1.82) is 0 Å². The van der Waals surface area contributed by atoms with Crippen molar-refractivity contribution >= 4 is 34.3 Å². The molecule has 3 aromatic heterocycles. The zero-order valence-electron chi connectivity index (χ0n) is 16.1. The number of nitrogens with zero attached hydrogens (tertiary/aromatic N) is 4. The highest BCUT2D eigenvalue weighted by Crippen LogP contribution is 2.28. The van der Waals surface area contributed by atoms with Gasteiger partial charge in [-0.2, -0.15) is 0 Å². The van der Waals surface area contributed by atoms with Crippen LogP contribution < -0.4 is 5.56 Å². The van der Waals surface area contributed by atoms with Crippen LogP contribution in [-0.2, 0) is 12.3 Å². The highest BCUT2D eigenvalue weighted by Gasteiger charge is 2.16. The van der Waals surface area contributed by atoms with Crippen LogP contribution in [0.4, 0.5) is 0 Å². The Hall–Kier alpha value is -3.36. The van der Waals surface area contributed by atoms with Crippen molar-refractivity contribution in [3.05, 3.63) is 94.0 Å². The molecule has 0 aliphatic rings. The second-order valence-electron chi connectivity index (χ2n) is 6.65. The van der Waals surface area contributed by atoms with Gasteiger partial charge in [-0.25, -0.2) is 4.98 Å². The van der Waals surface area contributed by atoms with Crippen molar-refractivity contribution in [3.63, 3.8) is 0 Å². The molecule has 0 spiro atoms. The number of furan rings is 1. The van der Waals surface area contributed by atoms with E-state index in [4.69, 9.17) is 20.4 Å². The highest BCUT2D eigenvalue weighted by molar-refractivity contribution is 7.98. The van der Waals surface area contributed by atoms with Gasteiger partial charge in [-0.3, -0.25) is 9.36 Å². The van der Waals surface area contributed by atoms with E-state index in [1.807, 2.05) is 42.5 Å². The minimum Gasteiger partial charge on any atom is -0.467 e. The third-order valence-electron chi connectivity index (χ3n) is 4.62. The van der Waals surface area contributed by atoms with E-state index in [1.165, 1.54) is 11.8 Å². The predicted molar refractivity (Wildman–Crippen MR) is 118 cm³/mol. The van der Waals surface area contributed by atoms with Crippen molar-refractivity contribution in [2.45, 2.75) is 17.5 Å². The van der Waals surface area contributed by atoms with Crippen molar-refractivity contribution in [2.75, 3.05) is 0 Å². The van der Waals surface area contributed by atoms with Crippen molar-refractivity contribution in [3.8, 4) is 11.5 Å². The van der Waals surface area contributed by atoms with Gasteiger partial charge in [-0.05, 0) is 36.4 Å². The number of hydrogen-bond acceptors (Lipinski definition) is 7. The highest BCUT2D eigenvalue weighted by atomic mass is 35.5. The Morgan fingerprint density at radius 2 is 1.84 bits per heavy atom. The Morgan fingerprint density at radius 1 is 1.00 bits per heavy atom. The lowest BCUT2D eigenvalue weighted by molar-refractivity contribution is 0.476. The monoisotopic (exact) mass is 450 g/mol. The second-order valence-corrected chi connectivity index (χ2v) is 8.00. The minimum absolute atomic E-state index is 0.133. The Balaban J connectivity index is 1.46. The van der Waals surface area contributed by atoms with Gasteiger partial charge in [-0.15, -0.1) is 10.2 Å². The lowest BCUT2D eigenvalue weighted by Gasteiger charge is -2.11. The fourth-order valence-electron chi connectivity index (χ4n) is 3.14. The molecule has 0 aliphatic carbocycles. The number of fused-ring (bicyclic) bond motifs is 1. The summed E-state index contributed by atoms with van der Waals surface area (Å²) >= 11 is 7.56. The molecule has 0 saturated carbocycles. The summed E-state index contributed by atoms with van der Waals surface area (Å²) in [5.41, 5.74) is 1.17. The zero-order chi connectivity index (χ0) is 21.2. The average Bonchev–Trinajstić information content (AvgIpc) is 3.47. The Kier molecular flexibility index (Phi) is 5.31. The van der Waals surface area contributed by atoms with Crippen LogP contribution in [0.5, 0.6) is 0 Å². The van der Waals surface area contributed by atoms with E-state index in [1.54, 1.807) is 29.0 Å².